The maximum absolute atomic E-state index is 5.25. The number of nitrogens with one attached hydrogen (secondary N) is 1. The normalized spacial score (nSPS) is 12.6. The molecule has 1 unspecified atom stereocenters. The molecule has 2 rings (SSSR count). The summed E-state index contributed by atoms with van der Waals surface area (Å²) < 4.78 is 5.25. The predicted molar refractivity (Wildman–Crippen MR) is 89.8 cm³/mol. The summed E-state index contributed by atoms with van der Waals surface area (Å²) in [5.41, 5.74) is 1.33. The lowest BCUT2D eigenvalue weighted by atomic mass is 10.1. The molecule has 3 heteroatoms. The Labute approximate surface area is 125 Å². The summed E-state index contributed by atoms with van der Waals surface area (Å²) in [4.78, 5) is 0. The van der Waals surface area contributed by atoms with Crippen LogP contribution in [0.4, 0.5) is 0 Å². The molecule has 1 N–H and O–H groups in total. The number of rotatable bonds is 7. The van der Waals surface area contributed by atoms with Crippen LogP contribution in [0.2, 0.25) is 0 Å². The van der Waals surface area contributed by atoms with Gasteiger partial charge in [-0.25, -0.2) is 0 Å². The molecule has 0 spiro atoms. The van der Waals surface area contributed by atoms with Gasteiger partial charge in [0.2, 0.25) is 0 Å². The molecule has 0 saturated heterocycles. The van der Waals surface area contributed by atoms with Crippen molar-refractivity contribution in [1.82, 2.24) is 5.32 Å². The molecule has 2 aromatic rings. The Hall–Kier alpha value is -1.19. The summed E-state index contributed by atoms with van der Waals surface area (Å²) in [7, 11) is 1.70. The van der Waals surface area contributed by atoms with Crippen LogP contribution in [0, 0.1) is 0 Å². The first kappa shape index (κ1) is 15.2. The van der Waals surface area contributed by atoms with E-state index >= 15 is 0 Å². The molecule has 0 radical (unpaired) electrons. The van der Waals surface area contributed by atoms with Gasteiger partial charge >= 0.3 is 0 Å². The van der Waals surface area contributed by atoms with Gasteiger partial charge in [0.1, 0.15) is 5.75 Å². The Kier molecular flexibility index (Phi) is 5.74. The second-order valence-corrected chi connectivity index (χ2v) is 6.10. The van der Waals surface area contributed by atoms with Gasteiger partial charge in [-0.15, -0.1) is 0 Å². The van der Waals surface area contributed by atoms with Crippen molar-refractivity contribution in [1.29, 1.82) is 0 Å². The second-order valence-electron chi connectivity index (χ2n) is 5.11. The predicted octanol–water partition coefficient (Wildman–Crippen LogP) is 4.08. The van der Waals surface area contributed by atoms with Crippen LogP contribution in [-0.4, -0.2) is 25.2 Å². The third-order valence-electron chi connectivity index (χ3n) is 3.52. The molecule has 2 aromatic carbocycles. The number of ether oxygens (including phenoxy) is 1. The zero-order valence-electron chi connectivity index (χ0n) is 12.5. The summed E-state index contributed by atoms with van der Waals surface area (Å²) in [6, 6.07) is 13.4. The lowest BCUT2D eigenvalue weighted by molar-refractivity contribution is 0.415. The van der Waals surface area contributed by atoms with Crippen LogP contribution in [0.25, 0.3) is 10.8 Å². The fraction of sp³-hybridized carbons (Fsp3) is 0.412. The number of thioether (sulfide) groups is 1. The molecule has 0 amide bonds. The van der Waals surface area contributed by atoms with Gasteiger partial charge < -0.3 is 10.1 Å². The van der Waals surface area contributed by atoms with Crippen molar-refractivity contribution < 1.29 is 4.74 Å². The van der Waals surface area contributed by atoms with Gasteiger partial charge in [-0.1, -0.05) is 18.2 Å². The molecule has 0 saturated carbocycles. The first-order valence-corrected chi connectivity index (χ1v) is 8.41. The number of methoxy groups -OCH3 is 1. The largest absolute Gasteiger partial charge is 0.497 e. The molecule has 0 aliphatic rings. The van der Waals surface area contributed by atoms with Crippen LogP contribution in [0.5, 0.6) is 5.75 Å². The van der Waals surface area contributed by atoms with Gasteiger partial charge in [-0.05, 0) is 59.9 Å². The molecule has 0 heterocycles. The summed E-state index contributed by atoms with van der Waals surface area (Å²) in [5.74, 6) is 2.13. The topological polar surface area (TPSA) is 21.3 Å². The Balaban J connectivity index is 2.01. The van der Waals surface area contributed by atoms with Crippen LogP contribution >= 0.6 is 11.8 Å². The molecule has 108 valence electrons. The van der Waals surface area contributed by atoms with Gasteiger partial charge in [-0.3, -0.25) is 0 Å². The van der Waals surface area contributed by atoms with E-state index in [4.69, 9.17) is 4.74 Å². The van der Waals surface area contributed by atoms with Crippen LogP contribution in [0.15, 0.2) is 36.4 Å². The molecule has 20 heavy (non-hydrogen) atoms. The van der Waals surface area contributed by atoms with Crippen molar-refractivity contribution in [3.05, 3.63) is 42.0 Å². The summed E-state index contributed by atoms with van der Waals surface area (Å²) in [5, 5.41) is 6.07. The smallest absolute Gasteiger partial charge is 0.119 e. The average Bonchev–Trinajstić information content (AvgIpc) is 2.50. The zero-order chi connectivity index (χ0) is 14.4. The fourth-order valence-corrected chi connectivity index (χ4v) is 2.79. The second kappa shape index (κ2) is 7.55. The fourth-order valence-electron chi connectivity index (χ4n) is 2.20. The van der Waals surface area contributed by atoms with Crippen LogP contribution in [0.1, 0.15) is 18.9 Å². The minimum absolute atomic E-state index is 0.564. The molecule has 0 aliphatic carbocycles. The minimum atomic E-state index is 0.564. The SMILES string of the molecule is COc1ccc2cc(CNC(C)CCSC)ccc2c1. The molecular weight excluding hydrogens is 266 g/mol. The highest BCUT2D eigenvalue weighted by molar-refractivity contribution is 7.98. The third kappa shape index (κ3) is 4.15. The molecule has 2 nitrogen and oxygen atoms in total. The van der Waals surface area contributed by atoms with E-state index in [-0.39, 0.29) is 0 Å². The Morgan fingerprint density at radius 2 is 1.90 bits per heavy atom. The van der Waals surface area contributed by atoms with E-state index in [0.29, 0.717) is 6.04 Å². The highest BCUT2D eigenvalue weighted by Gasteiger charge is 2.02. The van der Waals surface area contributed by atoms with E-state index < -0.39 is 0 Å². The highest BCUT2D eigenvalue weighted by Crippen LogP contribution is 2.21. The number of hydrogen-bond donors (Lipinski definition) is 1. The van der Waals surface area contributed by atoms with Gasteiger partial charge in [0.15, 0.2) is 0 Å². The van der Waals surface area contributed by atoms with Gasteiger partial charge in [0.25, 0.3) is 0 Å². The van der Waals surface area contributed by atoms with Crippen molar-refractivity contribution in [3.63, 3.8) is 0 Å². The lowest BCUT2D eigenvalue weighted by Crippen LogP contribution is -2.25. The molecule has 0 aliphatic heterocycles. The van der Waals surface area contributed by atoms with Crippen molar-refractivity contribution >= 4 is 22.5 Å². The Morgan fingerprint density at radius 3 is 2.65 bits per heavy atom. The third-order valence-corrected chi connectivity index (χ3v) is 4.17. The van der Waals surface area contributed by atoms with E-state index in [0.717, 1.165) is 12.3 Å². The highest BCUT2D eigenvalue weighted by atomic mass is 32.2. The molecule has 0 fully saturated rings. The van der Waals surface area contributed by atoms with Crippen molar-refractivity contribution in [2.75, 3.05) is 19.1 Å². The first-order chi connectivity index (χ1) is 9.72. The Morgan fingerprint density at radius 1 is 1.15 bits per heavy atom. The first-order valence-electron chi connectivity index (χ1n) is 7.02. The number of hydrogen-bond acceptors (Lipinski definition) is 3. The maximum Gasteiger partial charge on any atom is 0.119 e. The lowest BCUT2D eigenvalue weighted by Gasteiger charge is -2.13. The quantitative estimate of drug-likeness (QED) is 0.830. The van der Waals surface area contributed by atoms with Crippen molar-refractivity contribution in [2.45, 2.75) is 25.9 Å². The van der Waals surface area contributed by atoms with Gasteiger partial charge in [0.05, 0.1) is 7.11 Å². The van der Waals surface area contributed by atoms with Crippen LogP contribution < -0.4 is 10.1 Å². The molecule has 1 atom stereocenters. The number of fused-ring (bicyclic) bond motifs is 1. The van der Waals surface area contributed by atoms with Crippen LogP contribution in [-0.2, 0) is 6.54 Å². The van der Waals surface area contributed by atoms with Crippen LogP contribution in [0.3, 0.4) is 0 Å². The minimum Gasteiger partial charge on any atom is -0.497 e. The maximum atomic E-state index is 5.25. The monoisotopic (exact) mass is 289 g/mol. The van der Waals surface area contributed by atoms with Crippen molar-refractivity contribution in [2.24, 2.45) is 0 Å². The average molecular weight is 289 g/mol. The van der Waals surface area contributed by atoms with Gasteiger partial charge in [-0.2, -0.15) is 11.8 Å². The summed E-state index contributed by atoms with van der Waals surface area (Å²) >= 11 is 1.91. The molecule has 0 bridgehead atoms. The Bertz CT molecular complexity index is 556. The molecule has 0 aromatic heterocycles. The summed E-state index contributed by atoms with van der Waals surface area (Å²) in [6.07, 6.45) is 3.37. The zero-order valence-corrected chi connectivity index (χ0v) is 13.3. The molecular formula is C17H23NOS. The van der Waals surface area contributed by atoms with Crippen molar-refractivity contribution in [3.8, 4) is 5.75 Å². The van der Waals surface area contributed by atoms with E-state index in [2.05, 4.69) is 48.8 Å². The van der Waals surface area contributed by atoms with E-state index in [1.807, 2.05) is 17.8 Å². The van der Waals surface area contributed by atoms with Gasteiger partial charge in [0, 0.05) is 12.6 Å². The van der Waals surface area contributed by atoms with E-state index in [9.17, 15) is 0 Å². The standard InChI is InChI=1S/C17H23NOS/c1-13(8-9-20-3)18-12-14-4-5-16-11-17(19-2)7-6-15(16)10-14/h4-7,10-11,13,18H,8-9,12H2,1-3H3. The summed E-state index contributed by atoms with van der Waals surface area (Å²) in [6.45, 7) is 3.18. The van der Waals surface area contributed by atoms with E-state index in [1.165, 1.54) is 28.5 Å². The van der Waals surface area contributed by atoms with E-state index in [1.54, 1.807) is 7.11 Å². The number of benzene rings is 2.